The van der Waals surface area contributed by atoms with Crippen LogP contribution in [0.4, 0.5) is 0 Å². The van der Waals surface area contributed by atoms with Crippen LogP contribution >= 0.6 is 0 Å². The maximum atomic E-state index is 13.0. The van der Waals surface area contributed by atoms with Gasteiger partial charge in [-0.1, -0.05) is 6.07 Å². The molecule has 0 unspecified atom stereocenters. The Labute approximate surface area is 152 Å². The summed E-state index contributed by atoms with van der Waals surface area (Å²) in [5.74, 6) is 0.951. The first kappa shape index (κ1) is 16.9. The number of hydrogen-bond donors (Lipinski definition) is 2. The molecule has 1 fully saturated rings. The fraction of sp³-hybridized carbons (Fsp3) is 0.350. The van der Waals surface area contributed by atoms with Crippen LogP contribution in [0.5, 0.6) is 0 Å². The Morgan fingerprint density at radius 1 is 1.27 bits per heavy atom. The summed E-state index contributed by atoms with van der Waals surface area (Å²) in [5, 5.41) is 10.5. The average Bonchev–Trinajstić information content (AvgIpc) is 3.33. The smallest absolute Gasteiger partial charge is 0.254 e. The molecule has 6 nitrogen and oxygen atoms in total. The van der Waals surface area contributed by atoms with Gasteiger partial charge in [-0.05, 0) is 42.1 Å². The van der Waals surface area contributed by atoms with E-state index in [1.54, 1.807) is 6.26 Å². The second kappa shape index (κ2) is 7.35. The summed E-state index contributed by atoms with van der Waals surface area (Å²) in [6.45, 7) is 2.86. The van der Waals surface area contributed by atoms with Crippen molar-refractivity contribution in [3.63, 3.8) is 0 Å². The molecule has 6 heteroatoms. The highest BCUT2D eigenvalue weighted by Gasteiger charge is 2.30. The van der Waals surface area contributed by atoms with Gasteiger partial charge in [0.05, 0.1) is 12.8 Å². The van der Waals surface area contributed by atoms with E-state index in [2.05, 4.69) is 9.88 Å². The number of nitrogens with zero attached hydrogens (tertiary/aromatic N) is 2. The number of hydrogen-bond acceptors (Lipinski definition) is 4. The zero-order chi connectivity index (χ0) is 17.9. The Balaban J connectivity index is 1.48. The molecule has 1 atom stereocenters. The van der Waals surface area contributed by atoms with E-state index in [9.17, 15) is 9.90 Å². The predicted molar refractivity (Wildman–Crippen MR) is 98.8 cm³/mol. The van der Waals surface area contributed by atoms with Crippen LogP contribution in [0.1, 0.15) is 22.5 Å². The summed E-state index contributed by atoms with van der Waals surface area (Å²) < 4.78 is 5.45. The van der Waals surface area contributed by atoms with Gasteiger partial charge in [-0.3, -0.25) is 9.69 Å². The van der Waals surface area contributed by atoms with Gasteiger partial charge in [0.2, 0.25) is 0 Å². The van der Waals surface area contributed by atoms with Crippen LogP contribution < -0.4 is 0 Å². The van der Waals surface area contributed by atoms with Gasteiger partial charge in [-0.15, -0.1) is 0 Å². The molecule has 1 amide bonds. The van der Waals surface area contributed by atoms with Gasteiger partial charge in [0, 0.05) is 49.6 Å². The monoisotopic (exact) mass is 353 g/mol. The number of rotatable bonds is 5. The van der Waals surface area contributed by atoms with Crippen LogP contribution in [0.25, 0.3) is 10.9 Å². The standard InChI is InChI=1S/C20H23N3O3/c24-10-6-17-13-23(9-8-22(17)14-18-2-1-11-26-18)20(25)16-4-3-15-5-7-21-19(15)12-16/h1-5,7,11-12,17,21,24H,6,8-10,13-14H2/t17-/m1/s1. The first-order chi connectivity index (χ1) is 12.7. The van der Waals surface area contributed by atoms with Gasteiger partial charge in [-0.2, -0.15) is 0 Å². The van der Waals surface area contributed by atoms with Gasteiger partial charge in [0.15, 0.2) is 0 Å². The van der Waals surface area contributed by atoms with Crippen molar-refractivity contribution < 1.29 is 14.3 Å². The lowest BCUT2D eigenvalue weighted by Crippen LogP contribution is -2.54. The van der Waals surface area contributed by atoms with E-state index in [0.717, 1.165) is 23.2 Å². The van der Waals surface area contributed by atoms with Crippen LogP contribution in [-0.2, 0) is 6.54 Å². The molecule has 26 heavy (non-hydrogen) atoms. The highest BCUT2D eigenvalue weighted by Crippen LogP contribution is 2.20. The highest BCUT2D eigenvalue weighted by molar-refractivity contribution is 5.98. The number of benzene rings is 1. The zero-order valence-corrected chi connectivity index (χ0v) is 14.6. The van der Waals surface area contributed by atoms with Crippen molar-refractivity contribution in [3.8, 4) is 0 Å². The van der Waals surface area contributed by atoms with Crippen LogP contribution in [0.15, 0.2) is 53.3 Å². The molecule has 1 aromatic carbocycles. The summed E-state index contributed by atoms with van der Waals surface area (Å²) in [6, 6.07) is 11.7. The lowest BCUT2D eigenvalue weighted by atomic mass is 10.1. The topological polar surface area (TPSA) is 72.7 Å². The van der Waals surface area contributed by atoms with Crippen LogP contribution in [0, 0.1) is 0 Å². The van der Waals surface area contributed by atoms with E-state index in [4.69, 9.17) is 4.42 Å². The maximum Gasteiger partial charge on any atom is 0.254 e. The van der Waals surface area contributed by atoms with E-state index in [0.29, 0.717) is 31.6 Å². The number of amides is 1. The third-order valence-electron chi connectivity index (χ3n) is 5.10. The molecule has 3 heterocycles. The molecule has 2 aromatic heterocycles. The number of aliphatic hydroxyl groups excluding tert-OH is 1. The quantitative estimate of drug-likeness (QED) is 0.739. The van der Waals surface area contributed by atoms with Crippen molar-refractivity contribution in [2.45, 2.75) is 19.0 Å². The lowest BCUT2D eigenvalue weighted by Gasteiger charge is -2.41. The predicted octanol–water partition coefficient (Wildman–Crippen LogP) is 2.47. The Kier molecular flexibility index (Phi) is 4.77. The number of piperazine rings is 1. The molecule has 1 saturated heterocycles. The fourth-order valence-corrected chi connectivity index (χ4v) is 3.67. The van der Waals surface area contributed by atoms with Crippen molar-refractivity contribution >= 4 is 16.8 Å². The molecular weight excluding hydrogens is 330 g/mol. The minimum Gasteiger partial charge on any atom is -0.468 e. The molecule has 0 bridgehead atoms. The molecule has 0 radical (unpaired) electrons. The molecule has 1 aliphatic rings. The van der Waals surface area contributed by atoms with E-state index >= 15 is 0 Å². The zero-order valence-electron chi connectivity index (χ0n) is 14.6. The van der Waals surface area contributed by atoms with E-state index in [1.807, 2.05) is 47.5 Å². The number of carbonyl (C=O) groups excluding carboxylic acids is 1. The van der Waals surface area contributed by atoms with Gasteiger partial charge in [-0.25, -0.2) is 0 Å². The number of aromatic nitrogens is 1. The van der Waals surface area contributed by atoms with Crippen LogP contribution in [-0.4, -0.2) is 58.1 Å². The number of aliphatic hydroxyl groups is 1. The number of aromatic amines is 1. The fourth-order valence-electron chi connectivity index (χ4n) is 3.67. The molecule has 0 aliphatic carbocycles. The van der Waals surface area contributed by atoms with Gasteiger partial charge >= 0.3 is 0 Å². The Morgan fingerprint density at radius 3 is 3.00 bits per heavy atom. The average molecular weight is 353 g/mol. The summed E-state index contributed by atoms with van der Waals surface area (Å²) in [7, 11) is 0. The van der Waals surface area contributed by atoms with Crippen molar-refractivity contribution in [3.05, 3.63) is 60.2 Å². The van der Waals surface area contributed by atoms with Crippen molar-refractivity contribution in [1.29, 1.82) is 0 Å². The summed E-state index contributed by atoms with van der Waals surface area (Å²) in [5.41, 5.74) is 1.67. The Morgan fingerprint density at radius 2 is 2.19 bits per heavy atom. The molecular formula is C20H23N3O3. The van der Waals surface area contributed by atoms with Gasteiger partial charge < -0.3 is 19.4 Å². The number of carbonyl (C=O) groups is 1. The number of H-pyrrole nitrogens is 1. The first-order valence-electron chi connectivity index (χ1n) is 8.98. The van der Waals surface area contributed by atoms with Crippen molar-refractivity contribution in [1.82, 2.24) is 14.8 Å². The normalized spacial score (nSPS) is 18.5. The van der Waals surface area contributed by atoms with E-state index < -0.39 is 0 Å². The van der Waals surface area contributed by atoms with Crippen molar-refractivity contribution in [2.24, 2.45) is 0 Å². The third-order valence-corrected chi connectivity index (χ3v) is 5.10. The Bertz CT molecular complexity index is 871. The number of nitrogens with one attached hydrogen (secondary N) is 1. The molecule has 3 aromatic rings. The molecule has 2 N–H and O–H groups in total. The third kappa shape index (κ3) is 3.38. The van der Waals surface area contributed by atoms with Gasteiger partial charge in [0.1, 0.15) is 5.76 Å². The molecule has 0 saturated carbocycles. The molecule has 1 aliphatic heterocycles. The maximum absolute atomic E-state index is 13.0. The lowest BCUT2D eigenvalue weighted by molar-refractivity contribution is 0.0373. The first-order valence-corrected chi connectivity index (χ1v) is 8.98. The van der Waals surface area contributed by atoms with E-state index in [-0.39, 0.29) is 18.6 Å². The van der Waals surface area contributed by atoms with Crippen LogP contribution in [0.2, 0.25) is 0 Å². The minimum atomic E-state index is 0.0436. The minimum absolute atomic E-state index is 0.0436. The molecule has 136 valence electrons. The second-order valence-corrected chi connectivity index (χ2v) is 6.75. The summed E-state index contributed by atoms with van der Waals surface area (Å²) in [4.78, 5) is 20.3. The summed E-state index contributed by atoms with van der Waals surface area (Å²) >= 11 is 0. The molecule has 4 rings (SSSR count). The SMILES string of the molecule is O=C(c1ccc2cc[nH]c2c1)N1CCN(Cc2ccco2)[C@H](CCO)C1. The Hall–Kier alpha value is -2.57. The largest absolute Gasteiger partial charge is 0.468 e. The second-order valence-electron chi connectivity index (χ2n) is 6.75. The summed E-state index contributed by atoms with van der Waals surface area (Å²) in [6.07, 6.45) is 4.19. The van der Waals surface area contributed by atoms with E-state index in [1.165, 1.54) is 0 Å². The van der Waals surface area contributed by atoms with Crippen LogP contribution in [0.3, 0.4) is 0 Å². The number of fused-ring (bicyclic) bond motifs is 1. The number of furan rings is 1. The highest BCUT2D eigenvalue weighted by atomic mass is 16.3. The van der Waals surface area contributed by atoms with Gasteiger partial charge in [0.25, 0.3) is 5.91 Å². The van der Waals surface area contributed by atoms with Crippen molar-refractivity contribution in [2.75, 3.05) is 26.2 Å². The molecule has 0 spiro atoms.